The molecule has 0 heterocycles. The lowest BCUT2D eigenvalue weighted by Gasteiger charge is -2.33. The summed E-state index contributed by atoms with van der Waals surface area (Å²) in [6.45, 7) is 11.7. The molecular formula is C24H37N3O4. The van der Waals surface area contributed by atoms with E-state index in [0.717, 1.165) is 42.4 Å². The average molecular weight is 432 g/mol. The maximum Gasteiger partial charge on any atom is 0.408 e. The third-order valence-electron chi connectivity index (χ3n) is 5.31. The van der Waals surface area contributed by atoms with Gasteiger partial charge in [0.1, 0.15) is 18.2 Å². The molecule has 0 radical (unpaired) electrons. The van der Waals surface area contributed by atoms with Crippen molar-refractivity contribution in [1.82, 2.24) is 15.5 Å². The van der Waals surface area contributed by atoms with E-state index < -0.39 is 17.7 Å². The van der Waals surface area contributed by atoms with Crippen LogP contribution in [-0.4, -0.2) is 47.5 Å². The van der Waals surface area contributed by atoms with E-state index in [9.17, 15) is 14.4 Å². The number of alkyl carbamates (subject to hydrolysis) is 1. The Balaban J connectivity index is 2.27. The molecule has 2 N–H and O–H groups in total. The number of carbonyl (C=O) groups excluding carboxylic acids is 3. The molecule has 0 spiro atoms. The van der Waals surface area contributed by atoms with Crippen molar-refractivity contribution in [2.24, 2.45) is 0 Å². The largest absolute Gasteiger partial charge is 0.444 e. The maximum atomic E-state index is 13.3. The van der Waals surface area contributed by atoms with Gasteiger partial charge < -0.3 is 20.3 Å². The summed E-state index contributed by atoms with van der Waals surface area (Å²) in [5.74, 6) is -0.468. The van der Waals surface area contributed by atoms with Crippen molar-refractivity contribution in [3.8, 4) is 0 Å². The molecule has 7 nitrogen and oxygen atoms in total. The van der Waals surface area contributed by atoms with E-state index in [1.165, 1.54) is 0 Å². The molecule has 0 saturated heterocycles. The molecule has 1 aliphatic carbocycles. The Morgan fingerprint density at radius 1 is 1.16 bits per heavy atom. The first kappa shape index (κ1) is 24.7. The highest BCUT2D eigenvalue weighted by Gasteiger charge is 2.41. The van der Waals surface area contributed by atoms with E-state index in [-0.39, 0.29) is 24.4 Å². The monoisotopic (exact) mass is 431 g/mol. The van der Waals surface area contributed by atoms with Gasteiger partial charge in [0.2, 0.25) is 11.8 Å². The van der Waals surface area contributed by atoms with Crippen molar-refractivity contribution in [2.75, 3.05) is 13.1 Å². The van der Waals surface area contributed by atoms with Gasteiger partial charge in [-0.1, -0.05) is 31.5 Å². The van der Waals surface area contributed by atoms with E-state index in [2.05, 4.69) is 17.6 Å². The zero-order valence-corrected chi connectivity index (χ0v) is 19.7. The smallest absolute Gasteiger partial charge is 0.408 e. The van der Waals surface area contributed by atoms with Crippen LogP contribution in [0.4, 0.5) is 4.79 Å². The number of nitrogens with one attached hydrogen (secondary N) is 2. The second-order valence-corrected chi connectivity index (χ2v) is 9.22. The molecule has 1 aromatic rings. The minimum Gasteiger partial charge on any atom is -0.444 e. The lowest BCUT2D eigenvalue weighted by atomic mass is 9.95. The van der Waals surface area contributed by atoms with Gasteiger partial charge in [0.05, 0.1) is 0 Å². The molecule has 0 bridgehead atoms. The quantitative estimate of drug-likeness (QED) is 0.583. The normalized spacial score (nSPS) is 14.5. The number of benzene rings is 1. The Morgan fingerprint density at radius 3 is 2.42 bits per heavy atom. The van der Waals surface area contributed by atoms with Crippen molar-refractivity contribution < 1.29 is 19.1 Å². The van der Waals surface area contributed by atoms with Gasteiger partial charge in [0, 0.05) is 12.6 Å². The molecule has 1 aliphatic rings. The summed E-state index contributed by atoms with van der Waals surface area (Å²) in [6, 6.07) is 5.10. The average Bonchev–Trinajstić information content (AvgIpc) is 3.50. The van der Waals surface area contributed by atoms with Gasteiger partial charge in [0.25, 0.3) is 0 Å². The Labute approximate surface area is 185 Å². The summed E-state index contributed by atoms with van der Waals surface area (Å²) in [4.78, 5) is 40.2. The third-order valence-corrected chi connectivity index (χ3v) is 5.31. The SMILES string of the molecule is CCCCNC(=O)C(c1cccc(C)c1C)N(C(=O)CNC(=O)OC(C)(C)C)C1CC1. The molecule has 1 saturated carbocycles. The molecule has 3 amide bonds. The van der Waals surface area contributed by atoms with Gasteiger partial charge in [-0.05, 0) is 70.6 Å². The van der Waals surface area contributed by atoms with E-state index in [1.807, 2.05) is 32.0 Å². The second kappa shape index (κ2) is 10.6. The summed E-state index contributed by atoms with van der Waals surface area (Å²) in [6.07, 6.45) is 2.90. The Hall–Kier alpha value is -2.57. The van der Waals surface area contributed by atoms with Gasteiger partial charge in [-0.2, -0.15) is 0 Å². The first-order valence-electron chi connectivity index (χ1n) is 11.2. The van der Waals surface area contributed by atoms with Crippen LogP contribution in [0.5, 0.6) is 0 Å². The molecule has 1 atom stereocenters. The number of hydrogen-bond donors (Lipinski definition) is 2. The van der Waals surface area contributed by atoms with Crippen LogP contribution in [0.3, 0.4) is 0 Å². The van der Waals surface area contributed by atoms with E-state index in [4.69, 9.17) is 4.74 Å². The van der Waals surface area contributed by atoms with Crippen LogP contribution in [0, 0.1) is 13.8 Å². The van der Waals surface area contributed by atoms with Gasteiger partial charge in [0.15, 0.2) is 0 Å². The topological polar surface area (TPSA) is 87.7 Å². The van der Waals surface area contributed by atoms with Crippen LogP contribution in [0.25, 0.3) is 0 Å². The maximum absolute atomic E-state index is 13.3. The van der Waals surface area contributed by atoms with E-state index >= 15 is 0 Å². The first-order valence-corrected chi connectivity index (χ1v) is 11.2. The van der Waals surface area contributed by atoms with Crippen LogP contribution in [0.2, 0.25) is 0 Å². The number of carbonyl (C=O) groups is 3. The highest BCUT2D eigenvalue weighted by Crippen LogP contribution is 2.36. The highest BCUT2D eigenvalue weighted by atomic mass is 16.6. The van der Waals surface area contributed by atoms with Crippen LogP contribution < -0.4 is 10.6 Å². The molecule has 1 fully saturated rings. The van der Waals surface area contributed by atoms with Gasteiger partial charge >= 0.3 is 6.09 Å². The molecule has 1 aromatic carbocycles. The predicted octanol–water partition coefficient (Wildman–Crippen LogP) is 3.78. The number of aryl methyl sites for hydroxylation is 1. The molecule has 0 aliphatic heterocycles. The predicted molar refractivity (Wildman–Crippen MR) is 121 cm³/mol. The molecule has 172 valence electrons. The van der Waals surface area contributed by atoms with Crippen molar-refractivity contribution in [1.29, 1.82) is 0 Å². The second-order valence-electron chi connectivity index (χ2n) is 9.22. The summed E-state index contributed by atoms with van der Waals surface area (Å²) in [5, 5.41) is 5.54. The zero-order chi connectivity index (χ0) is 23.2. The lowest BCUT2D eigenvalue weighted by molar-refractivity contribution is -0.140. The van der Waals surface area contributed by atoms with Gasteiger partial charge in [-0.25, -0.2) is 4.79 Å². The van der Waals surface area contributed by atoms with Crippen LogP contribution >= 0.6 is 0 Å². The minimum absolute atomic E-state index is 0.00484. The fraction of sp³-hybridized carbons (Fsp3) is 0.625. The standard InChI is InChI=1S/C24H37N3O4/c1-7-8-14-25-22(29)21(19-11-9-10-16(2)17(19)3)27(18-12-13-18)20(28)15-26-23(30)31-24(4,5)6/h9-11,18,21H,7-8,12-15H2,1-6H3,(H,25,29)(H,26,30). The molecule has 1 unspecified atom stereocenters. The van der Waals surface area contributed by atoms with Crippen molar-refractivity contribution in [2.45, 2.75) is 84.9 Å². The highest BCUT2D eigenvalue weighted by molar-refractivity contribution is 5.91. The molecule has 2 rings (SSSR count). The summed E-state index contributed by atoms with van der Waals surface area (Å²) < 4.78 is 5.24. The lowest BCUT2D eigenvalue weighted by Crippen LogP contribution is -2.49. The molecule has 0 aromatic heterocycles. The third kappa shape index (κ3) is 7.26. The van der Waals surface area contributed by atoms with E-state index in [1.54, 1.807) is 25.7 Å². The summed E-state index contributed by atoms with van der Waals surface area (Å²) >= 11 is 0. The fourth-order valence-corrected chi connectivity index (χ4v) is 3.44. The van der Waals surface area contributed by atoms with Crippen LogP contribution in [0.1, 0.15) is 76.1 Å². The van der Waals surface area contributed by atoms with Crippen molar-refractivity contribution in [3.63, 3.8) is 0 Å². The van der Waals surface area contributed by atoms with Crippen molar-refractivity contribution >= 4 is 17.9 Å². The number of unbranched alkanes of at least 4 members (excludes halogenated alkanes) is 1. The summed E-state index contributed by atoms with van der Waals surface area (Å²) in [5.41, 5.74) is 2.24. The first-order chi connectivity index (χ1) is 14.5. The number of rotatable bonds is 9. The molecule has 31 heavy (non-hydrogen) atoms. The van der Waals surface area contributed by atoms with Gasteiger partial charge in [-0.15, -0.1) is 0 Å². The molecule has 7 heteroatoms. The Bertz CT molecular complexity index is 797. The molecular weight excluding hydrogens is 394 g/mol. The van der Waals surface area contributed by atoms with Gasteiger partial charge in [-0.3, -0.25) is 9.59 Å². The van der Waals surface area contributed by atoms with Crippen LogP contribution in [0.15, 0.2) is 18.2 Å². The fourth-order valence-electron chi connectivity index (χ4n) is 3.44. The number of amides is 3. The van der Waals surface area contributed by atoms with Crippen molar-refractivity contribution in [3.05, 3.63) is 34.9 Å². The summed E-state index contributed by atoms with van der Waals surface area (Å²) in [7, 11) is 0. The Morgan fingerprint density at radius 2 is 1.84 bits per heavy atom. The van der Waals surface area contributed by atoms with E-state index in [0.29, 0.717) is 6.54 Å². The number of nitrogens with zero attached hydrogens (tertiary/aromatic N) is 1. The number of ether oxygens (including phenoxy) is 1. The Kier molecular flexibility index (Phi) is 8.48. The zero-order valence-electron chi connectivity index (χ0n) is 19.7. The van der Waals surface area contributed by atoms with Crippen LogP contribution in [-0.2, 0) is 14.3 Å². The number of hydrogen-bond acceptors (Lipinski definition) is 4. The minimum atomic E-state index is -0.725.